The van der Waals surface area contributed by atoms with Gasteiger partial charge in [-0.15, -0.1) is 0 Å². The summed E-state index contributed by atoms with van der Waals surface area (Å²) in [5.41, 5.74) is 1.95. The first-order valence-electron chi connectivity index (χ1n) is 13.5. The fourth-order valence-corrected chi connectivity index (χ4v) is 5.00. The maximum Gasteiger partial charge on any atom is 0.490 e. The summed E-state index contributed by atoms with van der Waals surface area (Å²) in [4.78, 5) is 30.9. The number of carboxylic acids is 1. The van der Waals surface area contributed by atoms with Gasteiger partial charge in [0.05, 0.1) is 20.8 Å². The Labute approximate surface area is 238 Å². The van der Waals surface area contributed by atoms with Crippen LogP contribution in [0.25, 0.3) is 0 Å². The molecule has 2 aliphatic heterocycles. The SMILES string of the molecule is COc1ccc(C(=O)N2CCC3(CCN(Cc4ccccc4OCC(C)C)CC3)C2)c(OC)n1.O=C(O)C(F)(F)F. The number of benzene rings is 1. The number of ether oxygens (including phenoxy) is 3. The number of nitrogens with zero attached hydrogens (tertiary/aromatic N) is 3. The van der Waals surface area contributed by atoms with Crippen molar-refractivity contribution in [2.45, 2.75) is 45.8 Å². The molecule has 41 heavy (non-hydrogen) atoms. The number of carbonyl (C=O) groups is 2. The van der Waals surface area contributed by atoms with Crippen molar-refractivity contribution in [3.05, 3.63) is 47.5 Å². The molecule has 0 aliphatic carbocycles. The molecule has 1 aromatic heterocycles. The number of carboxylic acid groups (broad SMARTS) is 1. The molecule has 0 atom stereocenters. The zero-order chi connectivity index (χ0) is 30.2. The van der Waals surface area contributed by atoms with Crippen molar-refractivity contribution in [3.63, 3.8) is 0 Å². The molecule has 0 saturated carbocycles. The van der Waals surface area contributed by atoms with Crippen LogP contribution >= 0.6 is 0 Å². The number of hydrogen-bond donors (Lipinski definition) is 1. The van der Waals surface area contributed by atoms with Gasteiger partial charge in [-0.25, -0.2) is 4.79 Å². The summed E-state index contributed by atoms with van der Waals surface area (Å²) < 4.78 is 48.3. The zero-order valence-corrected chi connectivity index (χ0v) is 23.9. The van der Waals surface area contributed by atoms with Gasteiger partial charge in [0.1, 0.15) is 11.3 Å². The number of para-hydroxylation sites is 1. The Morgan fingerprint density at radius 2 is 1.66 bits per heavy atom. The highest BCUT2D eigenvalue weighted by molar-refractivity contribution is 5.96. The first kappa shape index (κ1) is 32.0. The monoisotopic (exact) mass is 581 g/mol. The lowest BCUT2D eigenvalue weighted by Gasteiger charge is -2.39. The summed E-state index contributed by atoms with van der Waals surface area (Å²) in [6.45, 7) is 9.62. The van der Waals surface area contributed by atoms with E-state index in [1.165, 1.54) is 12.7 Å². The van der Waals surface area contributed by atoms with Crippen LogP contribution in [0, 0.1) is 11.3 Å². The van der Waals surface area contributed by atoms with E-state index in [0.29, 0.717) is 23.2 Å². The van der Waals surface area contributed by atoms with E-state index in [1.807, 2.05) is 11.0 Å². The Bertz CT molecular complexity index is 1180. The van der Waals surface area contributed by atoms with Crippen LogP contribution in [0.5, 0.6) is 17.5 Å². The summed E-state index contributed by atoms with van der Waals surface area (Å²) >= 11 is 0. The number of aliphatic carboxylic acids is 1. The normalized spacial score (nSPS) is 16.7. The van der Waals surface area contributed by atoms with Crippen LogP contribution in [0.3, 0.4) is 0 Å². The van der Waals surface area contributed by atoms with Crippen molar-refractivity contribution in [3.8, 4) is 17.5 Å². The fraction of sp³-hybridized carbons (Fsp3) is 0.552. The Kier molecular flexibility index (Phi) is 10.8. The molecule has 1 spiro atoms. The molecule has 12 heteroatoms. The molecule has 1 N–H and O–H groups in total. The van der Waals surface area contributed by atoms with Gasteiger partial charge < -0.3 is 24.2 Å². The topological polar surface area (TPSA) is 101 Å². The molecule has 1 amide bonds. The minimum atomic E-state index is -5.08. The van der Waals surface area contributed by atoms with E-state index in [9.17, 15) is 18.0 Å². The van der Waals surface area contributed by atoms with Gasteiger partial charge in [-0.2, -0.15) is 18.2 Å². The Morgan fingerprint density at radius 3 is 2.24 bits per heavy atom. The van der Waals surface area contributed by atoms with Crippen molar-refractivity contribution >= 4 is 11.9 Å². The van der Waals surface area contributed by atoms with Gasteiger partial charge in [0.2, 0.25) is 11.8 Å². The number of piperidine rings is 1. The number of halogens is 3. The van der Waals surface area contributed by atoms with Gasteiger partial charge in [-0.3, -0.25) is 9.69 Å². The van der Waals surface area contributed by atoms with Crippen LogP contribution in [0.15, 0.2) is 36.4 Å². The van der Waals surface area contributed by atoms with Crippen molar-refractivity contribution in [1.29, 1.82) is 0 Å². The van der Waals surface area contributed by atoms with Gasteiger partial charge in [-0.1, -0.05) is 32.0 Å². The van der Waals surface area contributed by atoms with Crippen LogP contribution in [0.4, 0.5) is 13.2 Å². The summed E-state index contributed by atoms with van der Waals surface area (Å²) in [7, 11) is 3.09. The van der Waals surface area contributed by atoms with E-state index in [-0.39, 0.29) is 11.3 Å². The van der Waals surface area contributed by atoms with Crippen molar-refractivity contribution < 1.29 is 42.1 Å². The largest absolute Gasteiger partial charge is 0.493 e. The van der Waals surface area contributed by atoms with E-state index in [0.717, 1.165) is 64.3 Å². The third kappa shape index (κ3) is 8.72. The number of rotatable bonds is 8. The number of likely N-dealkylation sites (tertiary alicyclic amines) is 2. The predicted octanol–water partition coefficient (Wildman–Crippen LogP) is 4.90. The highest BCUT2D eigenvalue weighted by Gasteiger charge is 2.42. The molecule has 2 aliphatic rings. The van der Waals surface area contributed by atoms with E-state index in [1.54, 1.807) is 19.2 Å². The molecular formula is C29H38F3N3O6. The molecule has 9 nitrogen and oxygen atoms in total. The summed E-state index contributed by atoms with van der Waals surface area (Å²) in [5.74, 6) is -0.510. The summed E-state index contributed by atoms with van der Waals surface area (Å²) in [5, 5.41) is 7.12. The number of methoxy groups -OCH3 is 2. The number of alkyl halides is 3. The average molecular weight is 582 g/mol. The molecule has 2 saturated heterocycles. The van der Waals surface area contributed by atoms with Gasteiger partial charge >= 0.3 is 12.1 Å². The first-order valence-corrected chi connectivity index (χ1v) is 13.5. The number of amides is 1. The van der Waals surface area contributed by atoms with Crippen LogP contribution in [0.1, 0.15) is 49.0 Å². The second-order valence-corrected chi connectivity index (χ2v) is 10.8. The Hall–Kier alpha value is -3.54. The minimum absolute atomic E-state index is 0.0115. The van der Waals surface area contributed by atoms with E-state index < -0.39 is 12.1 Å². The number of hydrogen-bond acceptors (Lipinski definition) is 7. The van der Waals surface area contributed by atoms with Gasteiger partial charge in [-0.05, 0) is 55.8 Å². The lowest BCUT2D eigenvalue weighted by molar-refractivity contribution is -0.192. The maximum absolute atomic E-state index is 13.2. The maximum atomic E-state index is 13.2. The molecular weight excluding hydrogens is 543 g/mol. The zero-order valence-electron chi connectivity index (χ0n) is 23.9. The van der Waals surface area contributed by atoms with Crippen LogP contribution in [-0.2, 0) is 11.3 Å². The molecule has 2 fully saturated rings. The van der Waals surface area contributed by atoms with E-state index in [2.05, 4.69) is 41.9 Å². The molecule has 226 valence electrons. The second-order valence-electron chi connectivity index (χ2n) is 10.8. The second kappa shape index (κ2) is 13.9. The molecule has 0 bridgehead atoms. The van der Waals surface area contributed by atoms with Crippen LogP contribution < -0.4 is 14.2 Å². The van der Waals surface area contributed by atoms with Crippen molar-refractivity contribution in [2.75, 3.05) is 47.0 Å². The van der Waals surface area contributed by atoms with Gasteiger partial charge in [0.25, 0.3) is 5.91 Å². The predicted molar refractivity (Wildman–Crippen MR) is 145 cm³/mol. The molecule has 0 unspecified atom stereocenters. The fourth-order valence-electron chi connectivity index (χ4n) is 5.00. The van der Waals surface area contributed by atoms with Gasteiger partial charge in [0.15, 0.2) is 0 Å². The van der Waals surface area contributed by atoms with Crippen molar-refractivity contribution in [2.24, 2.45) is 11.3 Å². The first-order chi connectivity index (χ1) is 19.4. The number of aromatic nitrogens is 1. The molecule has 4 rings (SSSR count). The molecule has 1 aromatic carbocycles. The Balaban J connectivity index is 0.000000587. The standard InChI is InChI=1S/C27H37N3O4.C2HF3O2/c1-20(2)18-34-23-8-6-5-7-21(23)17-29-14-11-27(12-15-29)13-16-30(19-27)26(31)22-9-10-24(32-3)28-25(22)33-4;3-2(4,5)1(6)7/h5-10,20H,11-19H2,1-4H3;(H,6,7). The lowest BCUT2D eigenvalue weighted by atomic mass is 9.77. The smallest absolute Gasteiger partial charge is 0.490 e. The third-order valence-corrected chi connectivity index (χ3v) is 7.29. The lowest BCUT2D eigenvalue weighted by Crippen LogP contribution is -2.42. The quantitative estimate of drug-likeness (QED) is 0.470. The average Bonchev–Trinajstić information content (AvgIpc) is 3.36. The highest BCUT2D eigenvalue weighted by Crippen LogP contribution is 2.41. The van der Waals surface area contributed by atoms with Crippen LogP contribution in [-0.4, -0.2) is 84.9 Å². The number of pyridine rings is 1. The minimum Gasteiger partial charge on any atom is -0.493 e. The molecule has 3 heterocycles. The number of carbonyl (C=O) groups excluding carboxylic acids is 1. The third-order valence-electron chi connectivity index (χ3n) is 7.29. The van der Waals surface area contributed by atoms with E-state index in [4.69, 9.17) is 24.1 Å². The molecule has 2 aromatic rings. The van der Waals surface area contributed by atoms with Crippen LogP contribution in [0.2, 0.25) is 0 Å². The summed E-state index contributed by atoms with van der Waals surface area (Å²) in [6.07, 6.45) is -1.83. The summed E-state index contributed by atoms with van der Waals surface area (Å²) in [6, 6.07) is 11.8. The van der Waals surface area contributed by atoms with E-state index >= 15 is 0 Å². The van der Waals surface area contributed by atoms with Gasteiger partial charge in [0, 0.05) is 31.3 Å². The molecule has 0 radical (unpaired) electrons. The van der Waals surface area contributed by atoms with Crippen molar-refractivity contribution in [1.82, 2.24) is 14.8 Å². The Morgan fingerprint density at radius 1 is 1.02 bits per heavy atom. The highest BCUT2D eigenvalue weighted by atomic mass is 19.4.